The molecule has 0 aromatic heterocycles. The van der Waals surface area contributed by atoms with Gasteiger partial charge in [-0.25, -0.2) is 4.39 Å². The van der Waals surface area contributed by atoms with Crippen molar-refractivity contribution < 1.29 is 4.39 Å². The van der Waals surface area contributed by atoms with Crippen LogP contribution >= 0.6 is 11.6 Å². The van der Waals surface area contributed by atoms with Crippen LogP contribution in [0.15, 0.2) is 30.3 Å². The molecule has 58 valence electrons. The van der Waals surface area contributed by atoms with E-state index < -0.39 is 0 Å². The van der Waals surface area contributed by atoms with Crippen LogP contribution < -0.4 is 0 Å². The summed E-state index contributed by atoms with van der Waals surface area (Å²) < 4.78 is 12.4. The molecule has 0 saturated heterocycles. The summed E-state index contributed by atoms with van der Waals surface area (Å²) in [6.45, 7) is 0. The van der Waals surface area contributed by atoms with E-state index in [-0.39, 0.29) is 5.82 Å². The van der Waals surface area contributed by atoms with Crippen LogP contribution in [0, 0.1) is 5.82 Å². The van der Waals surface area contributed by atoms with Crippen LogP contribution in [0.2, 0.25) is 0 Å². The Morgan fingerprint density at radius 1 is 1.27 bits per heavy atom. The molecule has 2 heteroatoms. The lowest BCUT2D eigenvalue weighted by Gasteiger charge is -1.90. The lowest BCUT2D eigenvalue weighted by Crippen LogP contribution is -1.73. The van der Waals surface area contributed by atoms with Crippen molar-refractivity contribution in [3.8, 4) is 0 Å². The molecule has 1 aromatic carbocycles. The zero-order valence-corrected chi connectivity index (χ0v) is 6.68. The minimum atomic E-state index is -0.215. The van der Waals surface area contributed by atoms with Gasteiger partial charge >= 0.3 is 0 Å². The Hall–Kier alpha value is -0.820. The number of hydrogen-bond acceptors (Lipinski definition) is 0. The number of hydrogen-bond donors (Lipinski definition) is 0. The first-order valence-electron chi connectivity index (χ1n) is 3.31. The number of rotatable bonds is 2. The molecule has 11 heavy (non-hydrogen) atoms. The first kappa shape index (κ1) is 8.28. The second-order valence-electron chi connectivity index (χ2n) is 2.11. The Bertz CT molecular complexity index is 238. The smallest absolute Gasteiger partial charge is 0.123 e. The van der Waals surface area contributed by atoms with Gasteiger partial charge in [0, 0.05) is 5.88 Å². The topological polar surface area (TPSA) is 0 Å². The van der Waals surface area contributed by atoms with E-state index in [4.69, 9.17) is 11.6 Å². The summed E-state index contributed by atoms with van der Waals surface area (Å²) in [5, 5.41) is 0. The number of allylic oxidation sites excluding steroid dienone is 1. The van der Waals surface area contributed by atoms with Crippen LogP contribution in [0.5, 0.6) is 0 Å². The van der Waals surface area contributed by atoms with Crippen LogP contribution in [0.4, 0.5) is 4.39 Å². The van der Waals surface area contributed by atoms with Crippen molar-refractivity contribution in [3.05, 3.63) is 41.7 Å². The molecule has 1 rings (SSSR count). The van der Waals surface area contributed by atoms with E-state index in [9.17, 15) is 4.39 Å². The maximum atomic E-state index is 12.4. The van der Waals surface area contributed by atoms with E-state index in [0.29, 0.717) is 5.88 Å². The summed E-state index contributed by atoms with van der Waals surface area (Å²) in [6, 6.07) is 6.26. The summed E-state index contributed by atoms with van der Waals surface area (Å²) in [4.78, 5) is 0. The van der Waals surface area contributed by atoms with E-state index >= 15 is 0 Å². The van der Waals surface area contributed by atoms with Gasteiger partial charge in [-0.2, -0.15) is 0 Å². The fourth-order valence-electron chi connectivity index (χ4n) is 0.755. The van der Waals surface area contributed by atoms with E-state index in [1.54, 1.807) is 12.1 Å². The molecular weight excluding hydrogens is 163 g/mol. The van der Waals surface area contributed by atoms with Crippen molar-refractivity contribution >= 4 is 17.7 Å². The molecule has 0 nitrogen and oxygen atoms in total. The molecule has 0 heterocycles. The molecular formula is C9H8ClF. The SMILES string of the molecule is Fc1ccc(/C=C/CCl)cc1. The van der Waals surface area contributed by atoms with Gasteiger partial charge in [0.15, 0.2) is 0 Å². The molecule has 0 unspecified atom stereocenters. The van der Waals surface area contributed by atoms with Gasteiger partial charge in [-0.3, -0.25) is 0 Å². The molecule has 0 N–H and O–H groups in total. The lowest BCUT2D eigenvalue weighted by atomic mass is 10.2. The van der Waals surface area contributed by atoms with Gasteiger partial charge in [-0.05, 0) is 17.7 Å². The van der Waals surface area contributed by atoms with Crippen LogP contribution in [0.1, 0.15) is 5.56 Å². The van der Waals surface area contributed by atoms with Crippen molar-refractivity contribution in [2.75, 3.05) is 5.88 Å². The fraction of sp³-hybridized carbons (Fsp3) is 0.111. The third-order valence-corrected chi connectivity index (χ3v) is 1.45. The maximum absolute atomic E-state index is 12.4. The summed E-state index contributed by atoms with van der Waals surface area (Å²) >= 11 is 5.42. The lowest BCUT2D eigenvalue weighted by molar-refractivity contribution is 0.628. The summed E-state index contributed by atoms with van der Waals surface area (Å²) in [6.07, 6.45) is 3.67. The molecule has 0 atom stereocenters. The van der Waals surface area contributed by atoms with Gasteiger partial charge in [0.1, 0.15) is 5.82 Å². The highest BCUT2D eigenvalue weighted by Crippen LogP contribution is 2.04. The van der Waals surface area contributed by atoms with Crippen LogP contribution in [0.3, 0.4) is 0 Å². The maximum Gasteiger partial charge on any atom is 0.123 e. The van der Waals surface area contributed by atoms with Gasteiger partial charge in [-0.15, -0.1) is 11.6 Å². The highest BCUT2D eigenvalue weighted by atomic mass is 35.5. The van der Waals surface area contributed by atoms with Crippen molar-refractivity contribution in [2.45, 2.75) is 0 Å². The Morgan fingerprint density at radius 2 is 1.91 bits per heavy atom. The second kappa shape index (κ2) is 4.14. The quantitative estimate of drug-likeness (QED) is 0.599. The molecule has 0 spiro atoms. The molecule has 0 radical (unpaired) electrons. The van der Waals surface area contributed by atoms with Crippen molar-refractivity contribution in [3.63, 3.8) is 0 Å². The van der Waals surface area contributed by atoms with E-state index in [1.165, 1.54) is 12.1 Å². The summed E-state index contributed by atoms with van der Waals surface area (Å²) in [5.41, 5.74) is 0.965. The van der Waals surface area contributed by atoms with Crippen LogP contribution in [-0.4, -0.2) is 5.88 Å². The first-order chi connectivity index (χ1) is 5.33. The van der Waals surface area contributed by atoms with E-state index in [2.05, 4.69) is 0 Å². The van der Waals surface area contributed by atoms with Crippen molar-refractivity contribution in [1.82, 2.24) is 0 Å². The Morgan fingerprint density at radius 3 is 2.45 bits per heavy atom. The zero-order valence-electron chi connectivity index (χ0n) is 5.93. The molecule has 0 aliphatic rings. The first-order valence-corrected chi connectivity index (χ1v) is 3.84. The highest BCUT2D eigenvalue weighted by Gasteiger charge is 1.87. The number of benzene rings is 1. The average Bonchev–Trinajstić information content (AvgIpc) is 2.04. The normalized spacial score (nSPS) is 10.7. The molecule has 0 saturated carbocycles. The Balaban J connectivity index is 2.73. The molecule has 1 aromatic rings. The van der Waals surface area contributed by atoms with Gasteiger partial charge < -0.3 is 0 Å². The zero-order chi connectivity index (χ0) is 8.10. The van der Waals surface area contributed by atoms with Crippen LogP contribution in [0.25, 0.3) is 6.08 Å². The minimum Gasteiger partial charge on any atom is -0.207 e. The Labute approximate surface area is 70.3 Å². The van der Waals surface area contributed by atoms with Crippen LogP contribution in [-0.2, 0) is 0 Å². The Kier molecular flexibility index (Phi) is 3.12. The van der Waals surface area contributed by atoms with Gasteiger partial charge in [0.2, 0.25) is 0 Å². The molecule has 0 fully saturated rings. The predicted octanol–water partition coefficient (Wildman–Crippen LogP) is 3.08. The monoisotopic (exact) mass is 170 g/mol. The highest BCUT2D eigenvalue weighted by molar-refractivity contribution is 6.19. The molecule has 0 aliphatic heterocycles. The van der Waals surface area contributed by atoms with E-state index in [1.807, 2.05) is 12.2 Å². The van der Waals surface area contributed by atoms with Crippen molar-refractivity contribution in [2.24, 2.45) is 0 Å². The summed E-state index contributed by atoms with van der Waals surface area (Å²) in [5.74, 6) is 0.269. The third kappa shape index (κ3) is 2.72. The van der Waals surface area contributed by atoms with Gasteiger partial charge in [-0.1, -0.05) is 24.3 Å². The standard InChI is InChI=1S/C9H8ClF/c10-7-1-2-8-3-5-9(11)6-4-8/h1-6H,7H2/b2-1+. The van der Waals surface area contributed by atoms with Gasteiger partial charge in [0.05, 0.1) is 0 Å². The third-order valence-electron chi connectivity index (χ3n) is 1.27. The fourth-order valence-corrected chi connectivity index (χ4v) is 0.844. The average molecular weight is 171 g/mol. The molecule has 0 bridgehead atoms. The van der Waals surface area contributed by atoms with Crippen molar-refractivity contribution in [1.29, 1.82) is 0 Å². The number of halogens is 2. The minimum absolute atomic E-state index is 0.215. The van der Waals surface area contributed by atoms with E-state index in [0.717, 1.165) is 5.56 Å². The van der Waals surface area contributed by atoms with Gasteiger partial charge in [0.25, 0.3) is 0 Å². The molecule has 0 amide bonds. The second-order valence-corrected chi connectivity index (χ2v) is 2.42. The summed E-state index contributed by atoms with van der Waals surface area (Å²) in [7, 11) is 0. The number of alkyl halides is 1. The molecule has 0 aliphatic carbocycles. The predicted molar refractivity (Wildman–Crippen MR) is 46.2 cm³/mol. The largest absolute Gasteiger partial charge is 0.207 e.